The first-order chi connectivity index (χ1) is 13.6. The number of nitrogens with zero attached hydrogens (tertiary/aromatic N) is 3. The number of fused-ring (bicyclic) bond motifs is 1. The van der Waals surface area contributed by atoms with Gasteiger partial charge in [0.1, 0.15) is 17.4 Å². The summed E-state index contributed by atoms with van der Waals surface area (Å²) < 4.78 is 7.65. The quantitative estimate of drug-likeness (QED) is 0.727. The maximum Gasteiger partial charge on any atom is 0.229 e. The van der Waals surface area contributed by atoms with Gasteiger partial charge >= 0.3 is 0 Å². The van der Waals surface area contributed by atoms with E-state index >= 15 is 0 Å². The molecule has 3 N–H and O–H groups in total. The molecule has 1 aromatic heterocycles. The maximum absolute atomic E-state index is 9.77. The van der Waals surface area contributed by atoms with Gasteiger partial charge in [-0.25, -0.2) is 4.68 Å². The lowest BCUT2D eigenvalue weighted by molar-refractivity contribution is 0.367. The van der Waals surface area contributed by atoms with Crippen LogP contribution in [0.25, 0.3) is 5.69 Å². The highest BCUT2D eigenvalue weighted by Crippen LogP contribution is 2.45. The Balaban J connectivity index is 1.97. The number of nitrogens with two attached hydrogens (primary N) is 1. The number of aromatic hydroxyl groups is 1. The van der Waals surface area contributed by atoms with E-state index in [0.717, 1.165) is 35.3 Å². The Morgan fingerprint density at radius 3 is 2.54 bits per heavy atom. The van der Waals surface area contributed by atoms with Gasteiger partial charge in [0.05, 0.1) is 22.9 Å². The number of phenolic OH excluding ortho intramolecular Hbond substituents is 1. The van der Waals surface area contributed by atoms with Crippen molar-refractivity contribution in [3.8, 4) is 23.4 Å². The highest BCUT2D eigenvalue weighted by molar-refractivity contribution is 5.57. The van der Waals surface area contributed by atoms with Gasteiger partial charge in [-0.1, -0.05) is 43.7 Å². The summed E-state index contributed by atoms with van der Waals surface area (Å²) in [5.74, 6) is 0.381. The van der Waals surface area contributed by atoms with Gasteiger partial charge in [0.15, 0.2) is 0 Å². The van der Waals surface area contributed by atoms with Crippen molar-refractivity contribution < 1.29 is 9.84 Å². The van der Waals surface area contributed by atoms with Gasteiger partial charge in [-0.05, 0) is 36.2 Å². The van der Waals surface area contributed by atoms with Crippen LogP contribution in [0.15, 0.2) is 66.1 Å². The molecule has 0 saturated heterocycles. The van der Waals surface area contributed by atoms with E-state index < -0.39 is 5.92 Å². The average molecular weight is 372 g/mol. The van der Waals surface area contributed by atoms with Crippen molar-refractivity contribution in [3.05, 3.63) is 82.9 Å². The van der Waals surface area contributed by atoms with E-state index in [1.54, 1.807) is 28.9 Å². The van der Waals surface area contributed by atoms with Crippen LogP contribution in [0.1, 0.15) is 36.1 Å². The highest BCUT2D eigenvalue weighted by atomic mass is 16.5. The fourth-order valence-corrected chi connectivity index (χ4v) is 3.58. The van der Waals surface area contributed by atoms with Crippen LogP contribution in [0.4, 0.5) is 0 Å². The fourth-order valence-electron chi connectivity index (χ4n) is 3.58. The summed E-state index contributed by atoms with van der Waals surface area (Å²) in [5, 5.41) is 24.2. The molecule has 1 aliphatic rings. The molecule has 0 spiro atoms. The predicted octanol–water partition coefficient (Wildman–Crippen LogP) is 3.75. The van der Waals surface area contributed by atoms with Crippen LogP contribution in [0.2, 0.25) is 0 Å². The summed E-state index contributed by atoms with van der Waals surface area (Å²) in [7, 11) is 0. The van der Waals surface area contributed by atoms with E-state index in [0.29, 0.717) is 11.5 Å². The predicted molar refractivity (Wildman–Crippen MR) is 105 cm³/mol. The monoisotopic (exact) mass is 372 g/mol. The number of hydrogen-bond donors (Lipinski definition) is 2. The zero-order valence-corrected chi connectivity index (χ0v) is 15.5. The summed E-state index contributed by atoms with van der Waals surface area (Å²) in [4.78, 5) is 0. The molecule has 1 unspecified atom stereocenters. The molecule has 28 heavy (non-hydrogen) atoms. The van der Waals surface area contributed by atoms with Crippen molar-refractivity contribution in [3.63, 3.8) is 0 Å². The van der Waals surface area contributed by atoms with Gasteiger partial charge in [0.25, 0.3) is 0 Å². The third-order valence-corrected chi connectivity index (χ3v) is 4.84. The van der Waals surface area contributed by atoms with E-state index in [4.69, 9.17) is 15.6 Å². The summed E-state index contributed by atoms with van der Waals surface area (Å²) in [6.07, 6.45) is 1.65. The summed E-state index contributed by atoms with van der Waals surface area (Å²) >= 11 is 0. The van der Waals surface area contributed by atoms with E-state index in [1.807, 2.05) is 30.3 Å². The summed E-state index contributed by atoms with van der Waals surface area (Å²) in [6.45, 7) is 2.09. The van der Waals surface area contributed by atoms with E-state index in [2.05, 4.69) is 13.0 Å². The number of para-hydroxylation sites is 1. The lowest BCUT2D eigenvalue weighted by atomic mass is 9.83. The fraction of sp³-hybridized carbons (Fsp3) is 0.182. The first kappa shape index (κ1) is 17.7. The second-order valence-electron chi connectivity index (χ2n) is 6.68. The SMILES string of the molecule is CCCc1nn(-c2ccccc2)c2c1C(c1ccc(O)cc1)C(C#N)=C(N)O2. The first-order valence-electron chi connectivity index (χ1n) is 9.17. The topological polar surface area (TPSA) is 97.1 Å². The van der Waals surface area contributed by atoms with Crippen LogP contribution >= 0.6 is 0 Å². The van der Waals surface area contributed by atoms with Crippen molar-refractivity contribution in [2.24, 2.45) is 5.73 Å². The number of hydrogen-bond acceptors (Lipinski definition) is 5. The zero-order chi connectivity index (χ0) is 19.7. The third-order valence-electron chi connectivity index (χ3n) is 4.84. The molecule has 6 heteroatoms. The number of phenols is 1. The summed E-state index contributed by atoms with van der Waals surface area (Å²) in [6, 6.07) is 18.7. The van der Waals surface area contributed by atoms with E-state index in [1.165, 1.54) is 0 Å². The minimum absolute atomic E-state index is 0.0770. The molecule has 2 aromatic carbocycles. The minimum atomic E-state index is -0.395. The Morgan fingerprint density at radius 1 is 1.18 bits per heavy atom. The Morgan fingerprint density at radius 2 is 1.89 bits per heavy atom. The first-order valence-corrected chi connectivity index (χ1v) is 9.17. The van der Waals surface area contributed by atoms with E-state index in [-0.39, 0.29) is 11.6 Å². The number of allylic oxidation sites excluding steroid dienone is 1. The van der Waals surface area contributed by atoms with Crippen LogP contribution in [0, 0.1) is 11.3 Å². The zero-order valence-electron chi connectivity index (χ0n) is 15.5. The maximum atomic E-state index is 9.77. The molecule has 3 aromatic rings. The Labute approximate surface area is 163 Å². The number of benzene rings is 2. The van der Waals surface area contributed by atoms with Crippen molar-refractivity contribution in [2.75, 3.05) is 0 Å². The molecule has 0 bridgehead atoms. The van der Waals surface area contributed by atoms with Crippen molar-refractivity contribution in [1.82, 2.24) is 9.78 Å². The van der Waals surface area contributed by atoms with Crippen LogP contribution < -0.4 is 10.5 Å². The molecule has 0 saturated carbocycles. The highest BCUT2D eigenvalue weighted by Gasteiger charge is 2.36. The number of ether oxygens (including phenoxy) is 1. The Bertz CT molecular complexity index is 1080. The molecule has 140 valence electrons. The number of nitriles is 1. The molecule has 1 atom stereocenters. The average Bonchev–Trinajstić information content (AvgIpc) is 3.06. The lowest BCUT2D eigenvalue weighted by Gasteiger charge is -2.25. The van der Waals surface area contributed by atoms with Gasteiger partial charge in [-0.2, -0.15) is 10.4 Å². The Hall–Kier alpha value is -3.72. The lowest BCUT2D eigenvalue weighted by Crippen LogP contribution is -2.22. The second-order valence-corrected chi connectivity index (χ2v) is 6.68. The van der Waals surface area contributed by atoms with Gasteiger partial charge in [-0.3, -0.25) is 0 Å². The molecule has 0 amide bonds. The van der Waals surface area contributed by atoms with Gasteiger partial charge in [-0.15, -0.1) is 0 Å². The number of aryl methyl sites for hydroxylation is 1. The summed E-state index contributed by atoms with van der Waals surface area (Å²) in [5.41, 5.74) is 9.92. The molecule has 4 rings (SSSR count). The van der Waals surface area contributed by atoms with Gasteiger partial charge in [0.2, 0.25) is 11.8 Å². The van der Waals surface area contributed by atoms with Crippen molar-refractivity contribution >= 4 is 0 Å². The molecular formula is C22H20N4O2. The minimum Gasteiger partial charge on any atom is -0.508 e. The van der Waals surface area contributed by atoms with Crippen LogP contribution in [-0.2, 0) is 6.42 Å². The molecule has 2 heterocycles. The molecule has 0 fully saturated rings. The third kappa shape index (κ3) is 2.87. The molecule has 0 radical (unpaired) electrons. The molecule has 0 aliphatic carbocycles. The van der Waals surface area contributed by atoms with E-state index in [9.17, 15) is 10.4 Å². The van der Waals surface area contributed by atoms with Crippen molar-refractivity contribution in [2.45, 2.75) is 25.7 Å². The van der Waals surface area contributed by atoms with Gasteiger partial charge < -0.3 is 15.6 Å². The van der Waals surface area contributed by atoms with Crippen LogP contribution in [0.3, 0.4) is 0 Å². The van der Waals surface area contributed by atoms with Crippen LogP contribution in [0.5, 0.6) is 11.6 Å². The van der Waals surface area contributed by atoms with Gasteiger partial charge in [0, 0.05) is 0 Å². The Kier molecular flexibility index (Phi) is 4.50. The normalized spacial score (nSPS) is 15.6. The number of rotatable bonds is 4. The van der Waals surface area contributed by atoms with Crippen molar-refractivity contribution in [1.29, 1.82) is 5.26 Å². The molecular weight excluding hydrogens is 352 g/mol. The largest absolute Gasteiger partial charge is 0.508 e. The number of aromatic nitrogens is 2. The smallest absolute Gasteiger partial charge is 0.229 e. The van der Waals surface area contributed by atoms with Crippen LogP contribution in [-0.4, -0.2) is 14.9 Å². The molecule has 1 aliphatic heterocycles. The molecule has 6 nitrogen and oxygen atoms in total. The standard InChI is InChI=1S/C22H20N4O2/c1-2-6-18-20-19(14-9-11-16(27)12-10-14)17(13-23)21(24)28-22(20)26(25-18)15-7-4-3-5-8-15/h3-5,7-12,19,27H,2,6,24H2,1H3. The second kappa shape index (κ2) is 7.12.